The number of nitrogens with one attached hydrogen (secondary N) is 2. The second-order valence-electron chi connectivity index (χ2n) is 6.43. The minimum absolute atomic E-state index is 0.162. The molecule has 8 heteroatoms. The molecule has 0 saturated carbocycles. The van der Waals surface area contributed by atoms with Crippen LogP contribution in [0.15, 0.2) is 72.8 Å². The Bertz CT molecular complexity index is 1100. The van der Waals surface area contributed by atoms with E-state index in [-0.39, 0.29) is 10.6 Å². The van der Waals surface area contributed by atoms with E-state index in [1.807, 2.05) is 42.5 Å². The van der Waals surface area contributed by atoms with Crippen molar-refractivity contribution in [1.29, 1.82) is 0 Å². The van der Waals surface area contributed by atoms with Crippen molar-refractivity contribution in [3.63, 3.8) is 0 Å². The predicted molar refractivity (Wildman–Crippen MR) is 120 cm³/mol. The van der Waals surface area contributed by atoms with Crippen LogP contribution in [0.4, 0.5) is 5.69 Å². The molecule has 2 amide bonds. The lowest BCUT2D eigenvalue weighted by Crippen LogP contribution is -2.32. The molecule has 0 heterocycles. The van der Waals surface area contributed by atoms with Crippen LogP contribution in [-0.4, -0.2) is 30.9 Å². The van der Waals surface area contributed by atoms with E-state index in [2.05, 4.69) is 10.6 Å². The molecule has 0 spiro atoms. The first-order valence-corrected chi connectivity index (χ1v) is 10.0. The second-order valence-corrected chi connectivity index (χ2v) is 7.27. The summed E-state index contributed by atoms with van der Waals surface area (Å²) in [7, 11) is 0. The van der Waals surface area contributed by atoms with Crippen LogP contribution in [0.3, 0.4) is 0 Å². The normalized spacial score (nSPS) is 10.3. The molecular weight excluding hydrogens is 439 g/mol. The van der Waals surface area contributed by atoms with E-state index >= 15 is 0 Å². The molecule has 0 bridgehead atoms. The average Bonchev–Trinajstić information content (AvgIpc) is 2.77. The number of hydrogen-bond acceptors (Lipinski definition) is 4. The van der Waals surface area contributed by atoms with Gasteiger partial charge in [-0.15, -0.1) is 0 Å². The monoisotopic (exact) mass is 456 g/mol. The summed E-state index contributed by atoms with van der Waals surface area (Å²) in [5, 5.41) is 5.68. The summed E-state index contributed by atoms with van der Waals surface area (Å²) in [6.07, 6.45) is 0. The Hall–Kier alpha value is -3.35. The number of carbonyl (C=O) groups is 3. The van der Waals surface area contributed by atoms with Gasteiger partial charge in [0.25, 0.3) is 11.8 Å². The molecular formula is C23H18Cl2N2O4. The highest BCUT2D eigenvalue weighted by molar-refractivity contribution is 6.36. The maximum Gasteiger partial charge on any atom is 0.325 e. The number of halogens is 2. The van der Waals surface area contributed by atoms with Crippen LogP contribution < -0.4 is 10.6 Å². The van der Waals surface area contributed by atoms with Gasteiger partial charge in [-0.25, -0.2) is 0 Å². The minimum atomic E-state index is -0.759. The van der Waals surface area contributed by atoms with Gasteiger partial charge in [0.05, 0.1) is 10.6 Å². The maximum atomic E-state index is 12.2. The zero-order valence-electron chi connectivity index (χ0n) is 16.2. The summed E-state index contributed by atoms with van der Waals surface area (Å²) >= 11 is 11.8. The number of carbonyl (C=O) groups excluding carboxylic acids is 3. The summed E-state index contributed by atoms with van der Waals surface area (Å²) in [5.41, 5.74) is 2.56. The van der Waals surface area contributed by atoms with Gasteiger partial charge in [-0.1, -0.05) is 71.7 Å². The Morgan fingerprint density at radius 2 is 1.58 bits per heavy atom. The highest BCUT2D eigenvalue weighted by atomic mass is 35.5. The summed E-state index contributed by atoms with van der Waals surface area (Å²) in [4.78, 5) is 36.2. The smallest absolute Gasteiger partial charge is 0.325 e. The van der Waals surface area contributed by atoms with Crippen molar-refractivity contribution >= 4 is 46.7 Å². The van der Waals surface area contributed by atoms with Gasteiger partial charge in [0.15, 0.2) is 6.61 Å². The molecule has 31 heavy (non-hydrogen) atoms. The van der Waals surface area contributed by atoms with Gasteiger partial charge in [-0.2, -0.15) is 0 Å². The van der Waals surface area contributed by atoms with Crippen LogP contribution >= 0.6 is 23.2 Å². The topological polar surface area (TPSA) is 84.5 Å². The molecule has 2 N–H and O–H groups in total. The van der Waals surface area contributed by atoms with E-state index in [1.54, 1.807) is 12.1 Å². The largest absolute Gasteiger partial charge is 0.454 e. The van der Waals surface area contributed by atoms with Crippen molar-refractivity contribution in [2.45, 2.75) is 0 Å². The Labute approximate surface area is 189 Å². The van der Waals surface area contributed by atoms with Crippen LogP contribution in [-0.2, 0) is 14.3 Å². The van der Waals surface area contributed by atoms with E-state index in [9.17, 15) is 14.4 Å². The molecule has 0 fully saturated rings. The van der Waals surface area contributed by atoms with E-state index in [0.29, 0.717) is 10.7 Å². The summed E-state index contributed by atoms with van der Waals surface area (Å²) in [5.74, 6) is -1.81. The first-order chi connectivity index (χ1) is 14.9. The number of anilines is 1. The fourth-order valence-electron chi connectivity index (χ4n) is 2.77. The Morgan fingerprint density at radius 1 is 0.871 bits per heavy atom. The minimum Gasteiger partial charge on any atom is -0.454 e. The molecule has 0 aliphatic heterocycles. The van der Waals surface area contributed by atoms with E-state index in [0.717, 1.165) is 11.1 Å². The lowest BCUT2D eigenvalue weighted by Gasteiger charge is -2.12. The first kappa shape index (κ1) is 22.3. The third-order valence-electron chi connectivity index (χ3n) is 4.22. The molecule has 0 unspecified atom stereocenters. The highest BCUT2D eigenvalue weighted by Gasteiger charge is 2.14. The fourth-order valence-corrected chi connectivity index (χ4v) is 3.26. The Balaban J connectivity index is 1.50. The third kappa shape index (κ3) is 6.31. The first-order valence-electron chi connectivity index (χ1n) is 9.27. The van der Waals surface area contributed by atoms with Crippen LogP contribution in [0.1, 0.15) is 10.4 Å². The predicted octanol–water partition coefficient (Wildman–Crippen LogP) is 4.57. The maximum absolute atomic E-state index is 12.2. The van der Waals surface area contributed by atoms with Crippen LogP contribution in [0.25, 0.3) is 11.1 Å². The van der Waals surface area contributed by atoms with Crippen LogP contribution in [0.2, 0.25) is 10.0 Å². The molecule has 0 saturated heterocycles. The average molecular weight is 457 g/mol. The molecule has 0 aromatic heterocycles. The van der Waals surface area contributed by atoms with Gasteiger partial charge >= 0.3 is 5.97 Å². The number of para-hydroxylation sites is 1. The molecule has 3 aromatic rings. The molecule has 0 aliphatic carbocycles. The van der Waals surface area contributed by atoms with E-state index < -0.39 is 30.9 Å². The van der Waals surface area contributed by atoms with Crippen LogP contribution in [0, 0.1) is 0 Å². The van der Waals surface area contributed by atoms with E-state index in [4.69, 9.17) is 27.9 Å². The number of esters is 1. The number of benzene rings is 3. The van der Waals surface area contributed by atoms with Crippen molar-refractivity contribution in [3.8, 4) is 11.1 Å². The van der Waals surface area contributed by atoms with Crippen molar-refractivity contribution in [2.24, 2.45) is 0 Å². The lowest BCUT2D eigenvalue weighted by molar-refractivity contribution is -0.146. The quantitative estimate of drug-likeness (QED) is 0.509. The Morgan fingerprint density at radius 3 is 2.32 bits per heavy atom. The van der Waals surface area contributed by atoms with Gasteiger partial charge in [-0.05, 0) is 29.8 Å². The summed E-state index contributed by atoms with van der Waals surface area (Å²) in [6.45, 7) is -0.898. The molecule has 3 aromatic carbocycles. The zero-order valence-corrected chi connectivity index (χ0v) is 17.7. The fraction of sp³-hybridized carbons (Fsp3) is 0.0870. The zero-order chi connectivity index (χ0) is 22.2. The molecule has 3 rings (SSSR count). The van der Waals surface area contributed by atoms with Crippen molar-refractivity contribution < 1.29 is 19.1 Å². The molecule has 158 valence electrons. The lowest BCUT2D eigenvalue weighted by atomic mass is 10.0. The third-order valence-corrected chi connectivity index (χ3v) is 4.77. The number of hydrogen-bond donors (Lipinski definition) is 2. The van der Waals surface area contributed by atoms with Crippen molar-refractivity contribution in [3.05, 3.63) is 88.4 Å². The van der Waals surface area contributed by atoms with Gasteiger partial charge in [0, 0.05) is 16.3 Å². The van der Waals surface area contributed by atoms with Crippen molar-refractivity contribution in [1.82, 2.24) is 5.32 Å². The van der Waals surface area contributed by atoms with E-state index in [1.165, 1.54) is 18.2 Å². The SMILES string of the molecule is O=C(COC(=O)CNC(=O)c1ccc(Cl)cc1Cl)Nc1ccccc1-c1ccccc1. The molecule has 0 radical (unpaired) electrons. The number of amides is 2. The van der Waals surface area contributed by atoms with Gasteiger partial charge in [0.1, 0.15) is 6.54 Å². The summed E-state index contributed by atoms with van der Waals surface area (Å²) < 4.78 is 4.94. The molecule has 6 nitrogen and oxygen atoms in total. The number of rotatable bonds is 7. The molecule has 0 aliphatic rings. The highest BCUT2D eigenvalue weighted by Crippen LogP contribution is 2.27. The van der Waals surface area contributed by atoms with Crippen LogP contribution in [0.5, 0.6) is 0 Å². The Kier molecular flexibility index (Phi) is 7.65. The van der Waals surface area contributed by atoms with Gasteiger partial charge in [0.2, 0.25) is 0 Å². The van der Waals surface area contributed by atoms with Gasteiger partial charge < -0.3 is 15.4 Å². The van der Waals surface area contributed by atoms with Gasteiger partial charge in [-0.3, -0.25) is 14.4 Å². The van der Waals surface area contributed by atoms with Crippen molar-refractivity contribution in [2.75, 3.05) is 18.5 Å². The standard InChI is InChI=1S/C23H18Cl2N2O4/c24-16-10-11-18(19(25)12-16)23(30)26-13-22(29)31-14-21(28)27-20-9-5-4-8-17(20)15-6-2-1-3-7-15/h1-12H,13-14H2,(H,26,30)(H,27,28). The number of ether oxygens (including phenoxy) is 1. The second kappa shape index (κ2) is 10.6. The summed E-state index contributed by atoms with van der Waals surface area (Å²) in [6, 6.07) is 21.3. The molecule has 0 atom stereocenters.